The first kappa shape index (κ1) is 21.9. The summed E-state index contributed by atoms with van der Waals surface area (Å²) in [6.07, 6.45) is 4.52. The minimum atomic E-state index is -0.272. The average Bonchev–Trinajstić information content (AvgIpc) is 3.09. The number of likely N-dealkylation sites (tertiary alicyclic amines) is 2. The van der Waals surface area contributed by atoms with E-state index in [0.717, 1.165) is 31.2 Å². The SMILES string of the molecule is CC(=O)N1[C@H]2CCC[C@H]3N(C(=O)Cn4nc(C)ccc4=O)[C@@H](Cc4ccccc4)[C@@H]1C[C@@]23C. The van der Waals surface area contributed by atoms with Crippen molar-refractivity contribution in [2.45, 2.75) is 83.6 Å². The van der Waals surface area contributed by atoms with Crippen LogP contribution in [0.3, 0.4) is 0 Å². The Morgan fingerprint density at radius 2 is 1.76 bits per heavy atom. The highest BCUT2D eigenvalue weighted by Crippen LogP contribution is 2.56. The number of nitrogens with zero attached hydrogens (tertiary/aromatic N) is 4. The lowest BCUT2D eigenvalue weighted by atomic mass is 9.64. The van der Waals surface area contributed by atoms with Crippen LogP contribution in [0.4, 0.5) is 0 Å². The quantitative estimate of drug-likeness (QED) is 0.721. The second kappa shape index (κ2) is 8.12. The van der Waals surface area contributed by atoms with Crippen molar-refractivity contribution in [3.05, 3.63) is 64.1 Å². The van der Waals surface area contributed by atoms with Gasteiger partial charge >= 0.3 is 0 Å². The summed E-state index contributed by atoms with van der Waals surface area (Å²) >= 11 is 0. The highest BCUT2D eigenvalue weighted by Gasteiger charge is 2.64. The Labute approximate surface area is 194 Å². The van der Waals surface area contributed by atoms with E-state index in [-0.39, 0.29) is 53.5 Å². The molecule has 2 aliphatic heterocycles. The van der Waals surface area contributed by atoms with Crippen LogP contribution in [0.1, 0.15) is 50.8 Å². The summed E-state index contributed by atoms with van der Waals surface area (Å²) in [6, 6.07) is 13.4. The topological polar surface area (TPSA) is 75.5 Å². The number of amides is 2. The molecule has 1 aromatic carbocycles. The van der Waals surface area contributed by atoms with Gasteiger partial charge in [-0.25, -0.2) is 4.68 Å². The molecule has 3 heterocycles. The number of carbonyl (C=O) groups is 2. The summed E-state index contributed by atoms with van der Waals surface area (Å²) in [5, 5.41) is 4.30. The van der Waals surface area contributed by atoms with E-state index in [1.54, 1.807) is 13.0 Å². The Morgan fingerprint density at radius 1 is 1.06 bits per heavy atom. The van der Waals surface area contributed by atoms with Crippen molar-refractivity contribution in [1.29, 1.82) is 0 Å². The zero-order valence-corrected chi connectivity index (χ0v) is 19.6. The lowest BCUT2D eigenvalue weighted by Gasteiger charge is -2.53. The molecule has 0 N–H and O–H groups in total. The standard InChI is InChI=1S/C26H32N4O3/c1-17-12-13-24(32)28(27-17)16-25(33)30-20(14-19-8-5-4-6-9-19)21-15-26(3)22(29(21)18(2)31)10-7-11-23(26)30/h4-6,8-9,12-13,20-23H,7,10-11,14-16H2,1-3H3/t20-,21-,22-,23+,26-/m0/s1. The first-order valence-electron chi connectivity index (χ1n) is 12.0. The number of hydrogen-bond donors (Lipinski definition) is 0. The van der Waals surface area contributed by atoms with Gasteiger partial charge in [-0.2, -0.15) is 5.10 Å². The predicted molar refractivity (Wildman–Crippen MR) is 124 cm³/mol. The molecule has 2 bridgehead atoms. The smallest absolute Gasteiger partial charge is 0.267 e. The van der Waals surface area contributed by atoms with Gasteiger partial charge in [-0.3, -0.25) is 14.4 Å². The van der Waals surface area contributed by atoms with E-state index in [2.05, 4.69) is 29.1 Å². The molecular formula is C26H32N4O3. The summed E-state index contributed by atoms with van der Waals surface area (Å²) in [4.78, 5) is 43.3. The van der Waals surface area contributed by atoms with Gasteiger partial charge in [-0.15, -0.1) is 0 Å². The molecule has 3 aliphatic rings. The van der Waals surface area contributed by atoms with Crippen molar-refractivity contribution in [2.24, 2.45) is 5.41 Å². The van der Waals surface area contributed by atoms with Gasteiger partial charge in [0.15, 0.2) is 0 Å². The van der Waals surface area contributed by atoms with E-state index in [9.17, 15) is 14.4 Å². The van der Waals surface area contributed by atoms with Crippen LogP contribution in [0.15, 0.2) is 47.3 Å². The maximum absolute atomic E-state index is 13.9. The molecule has 1 aromatic heterocycles. The van der Waals surface area contributed by atoms with Gasteiger partial charge in [0.05, 0.1) is 17.8 Å². The zero-order valence-electron chi connectivity index (χ0n) is 19.6. The van der Waals surface area contributed by atoms with E-state index in [0.29, 0.717) is 12.1 Å². The molecule has 0 unspecified atom stereocenters. The Morgan fingerprint density at radius 3 is 2.45 bits per heavy atom. The van der Waals surface area contributed by atoms with Crippen LogP contribution in [0.2, 0.25) is 0 Å². The number of hydrogen-bond acceptors (Lipinski definition) is 4. The molecule has 5 rings (SSSR count). The fourth-order valence-corrected chi connectivity index (χ4v) is 6.87. The molecule has 2 saturated heterocycles. The van der Waals surface area contributed by atoms with Crippen molar-refractivity contribution >= 4 is 11.8 Å². The highest BCUT2D eigenvalue weighted by molar-refractivity contribution is 5.79. The van der Waals surface area contributed by atoms with Gasteiger partial charge in [-0.1, -0.05) is 37.3 Å². The average molecular weight is 449 g/mol. The molecule has 2 amide bonds. The molecule has 1 saturated carbocycles. The van der Waals surface area contributed by atoms with Gasteiger partial charge in [-0.05, 0) is 50.7 Å². The van der Waals surface area contributed by atoms with Crippen LogP contribution in [0.5, 0.6) is 0 Å². The molecule has 33 heavy (non-hydrogen) atoms. The maximum atomic E-state index is 13.9. The minimum absolute atomic E-state index is 0.0156. The highest BCUT2D eigenvalue weighted by atomic mass is 16.2. The summed E-state index contributed by atoms with van der Waals surface area (Å²) in [6.45, 7) is 5.66. The Bertz CT molecular complexity index is 1130. The predicted octanol–water partition coefficient (Wildman–Crippen LogP) is 2.55. The molecule has 0 radical (unpaired) electrons. The van der Waals surface area contributed by atoms with E-state index in [4.69, 9.17) is 0 Å². The van der Waals surface area contributed by atoms with Gasteiger partial charge in [0.2, 0.25) is 11.8 Å². The van der Waals surface area contributed by atoms with Crippen LogP contribution < -0.4 is 5.56 Å². The first-order valence-corrected chi connectivity index (χ1v) is 12.0. The normalized spacial score (nSPS) is 30.4. The fourth-order valence-electron chi connectivity index (χ4n) is 6.87. The van der Waals surface area contributed by atoms with E-state index in [1.165, 1.54) is 10.7 Å². The lowest BCUT2D eigenvalue weighted by Crippen LogP contribution is -2.63. The monoisotopic (exact) mass is 448 g/mol. The number of rotatable bonds is 4. The summed E-state index contributed by atoms with van der Waals surface area (Å²) in [5.41, 5.74) is 1.46. The molecule has 7 heteroatoms. The molecule has 0 spiro atoms. The third-order valence-corrected chi connectivity index (χ3v) is 8.18. The largest absolute Gasteiger partial charge is 0.334 e. The van der Waals surface area contributed by atoms with Gasteiger partial charge in [0, 0.05) is 30.5 Å². The molecule has 174 valence electrons. The first-order chi connectivity index (χ1) is 15.8. The van der Waals surface area contributed by atoms with Crippen LogP contribution in [0, 0.1) is 12.3 Å². The van der Waals surface area contributed by atoms with Gasteiger partial charge in [0.25, 0.3) is 5.56 Å². The summed E-state index contributed by atoms with van der Waals surface area (Å²) in [7, 11) is 0. The van der Waals surface area contributed by atoms with Crippen LogP contribution in [0.25, 0.3) is 0 Å². The Hall–Kier alpha value is -2.96. The van der Waals surface area contributed by atoms with Crippen LogP contribution >= 0.6 is 0 Å². The molecular weight excluding hydrogens is 416 g/mol. The number of benzene rings is 1. The summed E-state index contributed by atoms with van der Waals surface area (Å²) < 4.78 is 1.28. The fraction of sp³-hybridized carbons (Fsp3) is 0.538. The lowest BCUT2D eigenvalue weighted by molar-refractivity contribution is -0.146. The van der Waals surface area contributed by atoms with Crippen molar-refractivity contribution in [3.8, 4) is 0 Å². The van der Waals surface area contributed by atoms with Crippen molar-refractivity contribution in [3.63, 3.8) is 0 Å². The van der Waals surface area contributed by atoms with Crippen LogP contribution in [-0.4, -0.2) is 55.6 Å². The second-order valence-corrected chi connectivity index (χ2v) is 10.2. The number of aromatic nitrogens is 2. The zero-order chi connectivity index (χ0) is 23.3. The maximum Gasteiger partial charge on any atom is 0.267 e. The van der Waals surface area contributed by atoms with E-state index >= 15 is 0 Å². The van der Waals surface area contributed by atoms with Crippen molar-refractivity contribution in [1.82, 2.24) is 19.6 Å². The van der Waals surface area contributed by atoms with Gasteiger partial charge < -0.3 is 9.80 Å². The molecule has 2 aromatic rings. The number of fused-ring (bicyclic) bond motifs is 1. The Kier molecular flexibility index (Phi) is 5.38. The van der Waals surface area contributed by atoms with Crippen molar-refractivity contribution in [2.75, 3.05) is 0 Å². The van der Waals surface area contributed by atoms with Crippen LogP contribution in [-0.2, 0) is 22.6 Å². The second-order valence-electron chi connectivity index (χ2n) is 10.2. The van der Waals surface area contributed by atoms with Crippen molar-refractivity contribution < 1.29 is 9.59 Å². The summed E-state index contributed by atoms with van der Waals surface area (Å²) in [5.74, 6) is 0.0152. The minimum Gasteiger partial charge on any atom is -0.334 e. The van der Waals surface area contributed by atoms with Gasteiger partial charge in [0.1, 0.15) is 6.54 Å². The molecule has 3 fully saturated rings. The van der Waals surface area contributed by atoms with E-state index in [1.807, 2.05) is 30.0 Å². The van der Waals surface area contributed by atoms with E-state index < -0.39 is 0 Å². The molecule has 1 aliphatic carbocycles. The molecule has 7 nitrogen and oxygen atoms in total. The molecule has 5 atom stereocenters. The third kappa shape index (κ3) is 3.58. The number of carbonyl (C=O) groups excluding carboxylic acids is 2. The third-order valence-electron chi connectivity index (χ3n) is 8.18. The number of piperidine rings is 1. The number of aryl methyl sites for hydroxylation is 1. The Balaban J connectivity index is 1.57.